The highest BCUT2D eigenvalue weighted by Crippen LogP contribution is 2.33. The van der Waals surface area contributed by atoms with Gasteiger partial charge in [-0.2, -0.15) is 0 Å². The topological polar surface area (TPSA) is 58.1 Å². The highest BCUT2D eigenvalue weighted by molar-refractivity contribution is 8.16. The SMILES string of the molecule is C1=C(c2ccc3c(c2)OCCO3)NNC(=NC2CCN(Cc3ccccc3)CC2)S1. The fraction of sp³-hybridized carbons (Fsp3) is 0.348. The molecule has 0 saturated carbocycles. The van der Waals surface area contributed by atoms with E-state index in [0.717, 1.165) is 60.4 Å². The number of aliphatic imine (C=N–C) groups is 1. The molecule has 6 nitrogen and oxygen atoms in total. The number of hydrogen-bond donors (Lipinski definition) is 2. The average molecular weight is 423 g/mol. The zero-order valence-corrected chi connectivity index (χ0v) is 17.7. The molecule has 0 aromatic heterocycles. The Labute approximate surface area is 181 Å². The Morgan fingerprint density at radius 3 is 2.53 bits per heavy atom. The van der Waals surface area contributed by atoms with Gasteiger partial charge in [-0.3, -0.25) is 20.7 Å². The minimum Gasteiger partial charge on any atom is -0.486 e. The number of nitrogens with one attached hydrogen (secondary N) is 2. The monoisotopic (exact) mass is 422 g/mol. The predicted molar refractivity (Wildman–Crippen MR) is 121 cm³/mol. The van der Waals surface area contributed by atoms with Gasteiger partial charge < -0.3 is 9.47 Å². The van der Waals surface area contributed by atoms with E-state index >= 15 is 0 Å². The molecule has 0 spiro atoms. The van der Waals surface area contributed by atoms with E-state index in [1.165, 1.54) is 5.56 Å². The standard InChI is InChI=1S/C23H26N4O2S/c1-2-4-17(5-3-1)15-27-10-8-19(9-11-27)24-23-26-25-20(16-30-23)18-6-7-21-22(14-18)29-13-12-28-21/h1-7,14,16,19,25H,8-13,15H2,(H,24,26). The molecule has 0 bridgehead atoms. The molecular formula is C23H26N4O2S. The van der Waals surface area contributed by atoms with E-state index in [9.17, 15) is 0 Å². The van der Waals surface area contributed by atoms with E-state index in [-0.39, 0.29) is 0 Å². The third-order valence-corrected chi connectivity index (χ3v) is 6.34. The van der Waals surface area contributed by atoms with E-state index in [1.807, 2.05) is 18.2 Å². The first-order valence-electron chi connectivity index (χ1n) is 10.5. The van der Waals surface area contributed by atoms with Gasteiger partial charge in [0, 0.05) is 30.6 Å². The lowest BCUT2D eigenvalue weighted by atomic mass is 10.0. The van der Waals surface area contributed by atoms with Crippen molar-refractivity contribution in [1.82, 2.24) is 15.8 Å². The molecule has 5 rings (SSSR count). The van der Waals surface area contributed by atoms with Crippen LogP contribution >= 0.6 is 11.8 Å². The van der Waals surface area contributed by atoms with Crippen LogP contribution in [0.5, 0.6) is 11.5 Å². The summed E-state index contributed by atoms with van der Waals surface area (Å²) in [6.45, 7) is 4.41. The number of nitrogens with zero attached hydrogens (tertiary/aromatic N) is 2. The van der Waals surface area contributed by atoms with Crippen molar-refractivity contribution in [3.05, 3.63) is 65.1 Å². The van der Waals surface area contributed by atoms with Gasteiger partial charge in [0.15, 0.2) is 16.7 Å². The average Bonchev–Trinajstić information content (AvgIpc) is 2.81. The highest BCUT2D eigenvalue weighted by atomic mass is 32.2. The number of amidine groups is 1. The molecule has 30 heavy (non-hydrogen) atoms. The van der Waals surface area contributed by atoms with E-state index in [0.29, 0.717) is 19.3 Å². The number of ether oxygens (including phenoxy) is 2. The number of fused-ring (bicyclic) bond motifs is 1. The predicted octanol–water partition coefficient (Wildman–Crippen LogP) is 3.62. The largest absolute Gasteiger partial charge is 0.486 e. The molecule has 1 saturated heterocycles. The summed E-state index contributed by atoms with van der Waals surface area (Å²) in [6, 6.07) is 17.1. The smallest absolute Gasteiger partial charge is 0.180 e. The van der Waals surface area contributed by atoms with Crippen LogP contribution in [0.2, 0.25) is 0 Å². The summed E-state index contributed by atoms with van der Waals surface area (Å²) in [5.74, 6) is 1.61. The maximum Gasteiger partial charge on any atom is 0.180 e. The summed E-state index contributed by atoms with van der Waals surface area (Å²) >= 11 is 1.63. The summed E-state index contributed by atoms with van der Waals surface area (Å²) in [4.78, 5) is 7.44. The molecule has 0 aliphatic carbocycles. The van der Waals surface area contributed by atoms with Crippen LogP contribution in [-0.2, 0) is 6.54 Å². The van der Waals surface area contributed by atoms with Gasteiger partial charge in [0.25, 0.3) is 0 Å². The first-order valence-corrected chi connectivity index (χ1v) is 11.3. The van der Waals surface area contributed by atoms with Gasteiger partial charge in [-0.25, -0.2) is 0 Å². The van der Waals surface area contributed by atoms with Crippen LogP contribution in [0, 0.1) is 0 Å². The van der Waals surface area contributed by atoms with Crippen molar-refractivity contribution in [2.24, 2.45) is 4.99 Å². The summed E-state index contributed by atoms with van der Waals surface area (Å²) in [6.07, 6.45) is 2.19. The molecule has 3 heterocycles. The molecule has 3 aliphatic rings. The number of hydrazine groups is 1. The molecule has 0 amide bonds. The Kier molecular flexibility index (Phi) is 5.81. The second-order valence-corrected chi connectivity index (χ2v) is 8.54. The van der Waals surface area contributed by atoms with Crippen LogP contribution in [0.4, 0.5) is 0 Å². The third-order valence-electron chi connectivity index (χ3n) is 5.55. The maximum absolute atomic E-state index is 5.69. The zero-order chi connectivity index (χ0) is 20.2. The fourth-order valence-corrected chi connectivity index (χ4v) is 4.67. The third kappa shape index (κ3) is 4.57. The van der Waals surface area contributed by atoms with Crippen LogP contribution in [-0.4, -0.2) is 42.4 Å². The van der Waals surface area contributed by atoms with Crippen LogP contribution in [0.1, 0.15) is 24.0 Å². The number of benzene rings is 2. The van der Waals surface area contributed by atoms with E-state index in [4.69, 9.17) is 14.5 Å². The van der Waals surface area contributed by atoms with Crippen molar-refractivity contribution in [3.63, 3.8) is 0 Å². The van der Waals surface area contributed by atoms with Gasteiger partial charge in [0.2, 0.25) is 0 Å². The lowest BCUT2D eigenvalue weighted by molar-refractivity contribution is 0.171. The minimum absolute atomic E-state index is 0.373. The summed E-state index contributed by atoms with van der Waals surface area (Å²) in [5, 5.41) is 3.03. The molecule has 156 valence electrons. The second-order valence-electron chi connectivity index (χ2n) is 7.68. The van der Waals surface area contributed by atoms with Gasteiger partial charge in [-0.05, 0) is 36.6 Å². The van der Waals surface area contributed by atoms with Gasteiger partial charge in [0.1, 0.15) is 13.2 Å². The van der Waals surface area contributed by atoms with Gasteiger partial charge >= 0.3 is 0 Å². The van der Waals surface area contributed by atoms with Gasteiger partial charge in [-0.15, -0.1) is 0 Å². The Morgan fingerprint density at radius 2 is 1.77 bits per heavy atom. The summed E-state index contributed by atoms with van der Waals surface area (Å²) in [5.41, 5.74) is 9.98. The van der Waals surface area contributed by atoms with Gasteiger partial charge in [0.05, 0.1) is 11.7 Å². The van der Waals surface area contributed by atoms with Crippen LogP contribution in [0.15, 0.2) is 58.9 Å². The highest BCUT2D eigenvalue weighted by Gasteiger charge is 2.21. The number of piperidine rings is 1. The quantitative estimate of drug-likeness (QED) is 0.785. The lowest BCUT2D eigenvalue weighted by Crippen LogP contribution is -2.39. The van der Waals surface area contributed by atoms with Crippen molar-refractivity contribution in [1.29, 1.82) is 0 Å². The van der Waals surface area contributed by atoms with Crippen LogP contribution < -0.4 is 20.3 Å². The first kappa shape index (κ1) is 19.3. The lowest BCUT2D eigenvalue weighted by Gasteiger charge is -2.31. The van der Waals surface area contributed by atoms with Crippen molar-refractivity contribution < 1.29 is 9.47 Å². The normalized spacial score (nSPS) is 20.9. The summed E-state index contributed by atoms with van der Waals surface area (Å²) in [7, 11) is 0. The number of hydrogen-bond acceptors (Lipinski definition) is 6. The van der Waals surface area contributed by atoms with Crippen molar-refractivity contribution in [3.8, 4) is 11.5 Å². The minimum atomic E-state index is 0.373. The van der Waals surface area contributed by atoms with E-state index in [1.54, 1.807) is 11.8 Å². The van der Waals surface area contributed by atoms with Crippen molar-refractivity contribution >= 4 is 22.6 Å². The zero-order valence-electron chi connectivity index (χ0n) is 16.8. The Morgan fingerprint density at radius 1 is 0.967 bits per heavy atom. The van der Waals surface area contributed by atoms with E-state index in [2.05, 4.69) is 51.5 Å². The summed E-state index contributed by atoms with van der Waals surface area (Å²) < 4.78 is 11.3. The van der Waals surface area contributed by atoms with Crippen LogP contribution in [0.25, 0.3) is 5.70 Å². The van der Waals surface area contributed by atoms with E-state index < -0.39 is 0 Å². The number of likely N-dealkylation sites (tertiary alicyclic amines) is 1. The van der Waals surface area contributed by atoms with Crippen molar-refractivity contribution in [2.45, 2.75) is 25.4 Å². The molecule has 0 atom stereocenters. The number of rotatable bonds is 4. The molecular weight excluding hydrogens is 396 g/mol. The molecule has 2 aromatic rings. The molecule has 3 aliphatic heterocycles. The van der Waals surface area contributed by atoms with Crippen LogP contribution in [0.3, 0.4) is 0 Å². The first-order chi connectivity index (χ1) is 14.8. The molecule has 2 aromatic carbocycles. The molecule has 7 heteroatoms. The fourth-order valence-electron chi connectivity index (χ4n) is 3.92. The Hall–Kier alpha value is -2.64. The molecule has 2 N–H and O–H groups in total. The Bertz CT molecular complexity index is 939. The molecule has 0 radical (unpaired) electrons. The number of thioether (sulfide) groups is 1. The van der Waals surface area contributed by atoms with Crippen molar-refractivity contribution in [2.75, 3.05) is 26.3 Å². The maximum atomic E-state index is 5.69. The molecule has 0 unspecified atom stereocenters. The Balaban J connectivity index is 1.15. The van der Waals surface area contributed by atoms with Gasteiger partial charge in [-0.1, -0.05) is 42.1 Å². The molecule has 1 fully saturated rings. The second kappa shape index (κ2) is 9.02.